The Labute approximate surface area is 157 Å². The molecule has 1 N–H and O–H groups in total. The number of halogens is 3. The largest absolute Gasteiger partial charge is 0.487 e. The molecule has 1 aromatic carbocycles. The van der Waals surface area contributed by atoms with Gasteiger partial charge in [0.15, 0.2) is 5.82 Å². The second kappa shape index (κ2) is 7.55. The van der Waals surface area contributed by atoms with Gasteiger partial charge in [-0.3, -0.25) is 9.89 Å². The lowest BCUT2D eigenvalue weighted by Gasteiger charge is -2.08. The Bertz CT molecular complexity index is 1110. The summed E-state index contributed by atoms with van der Waals surface area (Å²) in [5.74, 6) is 0.714. The fourth-order valence-corrected chi connectivity index (χ4v) is 2.31. The van der Waals surface area contributed by atoms with Crippen LogP contribution in [0, 0.1) is 0 Å². The molecular formula is C19H15F3N4O2. The highest BCUT2D eigenvalue weighted by atomic mass is 19.4. The SMILES string of the molecule is C=C/C=C\C(=C)c1nc2nc(COc3ccc(C(F)(F)F)cc3)cc(=O)n2[nH]1. The predicted molar refractivity (Wildman–Crippen MR) is 97.8 cm³/mol. The second-order valence-corrected chi connectivity index (χ2v) is 5.72. The molecule has 0 saturated heterocycles. The van der Waals surface area contributed by atoms with E-state index in [4.69, 9.17) is 4.74 Å². The van der Waals surface area contributed by atoms with E-state index in [1.54, 1.807) is 18.2 Å². The highest BCUT2D eigenvalue weighted by molar-refractivity contribution is 5.68. The number of rotatable bonds is 6. The first kappa shape index (κ1) is 19.2. The summed E-state index contributed by atoms with van der Waals surface area (Å²) < 4.78 is 44.3. The van der Waals surface area contributed by atoms with Gasteiger partial charge in [0.1, 0.15) is 12.4 Å². The summed E-state index contributed by atoms with van der Waals surface area (Å²) in [4.78, 5) is 20.7. The van der Waals surface area contributed by atoms with Gasteiger partial charge >= 0.3 is 6.18 Å². The normalized spacial score (nSPS) is 11.8. The van der Waals surface area contributed by atoms with Crippen molar-refractivity contribution in [1.82, 2.24) is 19.6 Å². The Morgan fingerprint density at radius 3 is 2.61 bits per heavy atom. The number of benzene rings is 1. The molecule has 0 unspecified atom stereocenters. The van der Waals surface area contributed by atoms with Crippen LogP contribution < -0.4 is 10.3 Å². The van der Waals surface area contributed by atoms with Gasteiger partial charge in [-0.1, -0.05) is 31.4 Å². The number of hydrogen-bond acceptors (Lipinski definition) is 4. The molecule has 0 aliphatic carbocycles. The molecule has 0 saturated carbocycles. The average Bonchev–Trinajstić information content (AvgIpc) is 3.09. The van der Waals surface area contributed by atoms with Crippen molar-refractivity contribution in [1.29, 1.82) is 0 Å². The molecule has 0 bridgehead atoms. The van der Waals surface area contributed by atoms with Crippen LogP contribution >= 0.6 is 0 Å². The van der Waals surface area contributed by atoms with Crippen molar-refractivity contribution in [2.45, 2.75) is 12.8 Å². The Balaban J connectivity index is 1.78. The lowest BCUT2D eigenvalue weighted by atomic mass is 10.2. The molecule has 144 valence electrons. The molecule has 3 rings (SSSR count). The van der Waals surface area contributed by atoms with Crippen molar-refractivity contribution in [2.24, 2.45) is 0 Å². The van der Waals surface area contributed by atoms with Gasteiger partial charge in [0.05, 0.1) is 11.3 Å². The summed E-state index contributed by atoms with van der Waals surface area (Å²) in [5.41, 5.74) is -0.356. The molecule has 0 atom stereocenters. The van der Waals surface area contributed by atoms with E-state index in [2.05, 4.69) is 28.2 Å². The van der Waals surface area contributed by atoms with Crippen molar-refractivity contribution in [3.8, 4) is 5.75 Å². The first-order chi connectivity index (χ1) is 13.3. The summed E-state index contributed by atoms with van der Waals surface area (Å²) >= 11 is 0. The number of nitrogens with zero attached hydrogens (tertiary/aromatic N) is 3. The Hall–Kier alpha value is -3.62. The maximum Gasteiger partial charge on any atom is 0.416 e. The quantitative estimate of drug-likeness (QED) is 0.653. The molecule has 0 amide bonds. The van der Waals surface area contributed by atoms with E-state index in [0.29, 0.717) is 11.4 Å². The molecule has 0 aliphatic rings. The van der Waals surface area contributed by atoms with Crippen LogP contribution in [0.4, 0.5) is 13.2 Å². The van der Waals surface area contributed by atoms with Gasteiger partial charge in [0, 0.05) is 11.6 Å². The standard InChI is InChI=1S/C19H15F3N4O2/c1-3-4-5-12(2)17-24-18-23-14(10-16(27)26(18)25-17)11-28-15-8-6-13(7-9-15)19(20,21)22/h3-10H,1-2,11H2,(H,23,24,25)/b5-4-. The molecule has 0 spiro atoms. The van der Waals surface area contributed by atoms with Crippen molar-refractivity contribution < 1.29 is 17.9 Å². The average molecular weight is 388 g/mol. The number of aromatic amines is 1. The first-order valence-corrected chi connectivity index (χ1v) is 8.05. The molecule has 3 aromatic rings. The van der Waals surface area contributed by atoms with Crippen LogP contribution in [-0.4, -0.2) is 19.6 Å². The Morgan fingerprint density at radius 1 is 1.25 bits per heavy atom. The van der Waals surface area contributed by atoms with Crippen LogP contribution in [0.2, 0.25) is 0 Å². The number of aromatic nitrogens is 4. The monoisotopic (exact) mass is 388 g/mol. The Morgan fingerprint density at radius 2 is 1.96 bits per heavy atom. The van der Waals surface area contributed by atoms with E-state index in [0.717, 1.165) is 16.6 Å². The maximum atomic E-state index is 12.6. The van der Waals surface area contributed by atoms with Crippen molar-refractivity contribution in [3.63, 3.8) is 0 Å². The molecular weight excluding hydrogens is 373 g/mol. The van der Waals surface area contributed by atoms with Crippen LogP contribution in [0.5, 0.6) is 5.75 Å². The molecule has 6 nitrogen and oxygen atoms in total. The predicted octanol–water partition coefficient (Wildman–Crippen LogP) is 3.77. The summed E-state index contributed by atoms with van der Waals surface area (Å²) in [7, 11) is 0. The zero-order chi connectivity index (χ0) is 20.3. The third-order valence-corrected chi connectivity index (χ3v) is 3.69. The summed E-state index contributed by atoms with van der Waals surface area (Å²) in [6, 6.07) is 5.50. The van der Waals surface area contributed by atoms with E-state index in [-0.39, 0.29) is 23.8 Å². The topological polar surface area (TPSA) is 72.3 Å². The van der Waals surface area contributed by atoms with Gasteiger partial charge in [0.2, 0.25) is 0 Å². The molecule has 2 heterocycles. The van der Waals surface area contributed by atoms with Gasteiger partial charge in [-0.15, -0.1) is 0 Å². The first-order valence-electron chi connectivity index (χ1n) is 8.05. The van der Waals surface area contributed by atoms with Crippen molar-refractivity contribution in [3.05, 3.63) is 89.2 Å². The Kier molecular flexibility index (Phi) is 5.16. The zero-order valence-corrected chi connectivity index (χ0v) is 14.5. The fraction of sp³-hybridized carbons (Fsp3) is 0.105. The number of ether oxygens (including phenoxy) is 1. The van der Waals surface area contributed by atoms with Crippen LogP contribution in [-0.2, 0) is 12.8 Å². The lowest BCUT2D eigenvalue weighted by molar-refractivity contribution is -0.137. The van der Waals surface area contributed by atoms with Gasteiger partial charge in [-0.05, 0) is 24.3 Å². The third-order valence-electron chi connectivity index (χ3n) is 3.69. The van der Waals surface area contributed by atoms with E-state index >= 15 is 0 Å². The highest BCUT2D eigenvalue weighted by Crippen LogP contribution is 2.30. The highest BCUT2D eigenvalue weighted by Gasteiger charge is 2.30. The smallest absolute Gasteiger partial charge is 0.416 e. The molecule has 28 heavy (non-hydrogen) atoms. The van der Waals surface area contributed by atoms with Crippen LogP contribution in [0.3, 0.4) is 0 Å². The van der Waals surface area contributed by atoms with Crippen molar-refractivity contribution >= 4 is 11.4 Å². The van der Waals surface area contributed by atoms with Crippen molar-refractivity contribution in [2.75, 3.05) is 0 Å². The second-order valence-electron chi connectivity index (χ2n) is 5.72. The van der Waals surface area contributed by atoms with E-state index < -0.39 is 17.3 Å². The maximum absolute atomic E-state index is 12.6. The number of nitrogens with one attached hydrogen (secondary N) is 1. The van der Waals surface area contributed by atoms with E-state index in [1.807, 2.05) is 0 Å². The molecule has 9 heteroatoms. The number of alkyl halides is 3. The van der Waals surface area contributed by atoms with Gasteiger partial charge in [0.25, 0.3) is 11.3 Å². The van der Waals surface area contributed by atoms with Gasteiger partial charge in [-0.25, -0.2) is 4.98 Å². The molecule has 0 aliphatic heterocycles. The van der Waals surface area contributed by atoms with Gasteiger partial charge in [-0.2, -0.15) is 22.7 Å². The molecule has 0 fully saturated rings. The number of hydrogen-bond donors (Lipinski definition) is 1. The minimum atomic E-state index is -4.41. The number of allylic oxidation sites excluding steroid dienone is 4. The summed E-state index contributed by atoms with van der Waals surface area (Å²) in [6.07, 6.45) is 0.511. The zero-order valence-electron chi connectivity index (χ0n) is 14.5. The number of H-pyrrole nitrogens is 1. The minimum Gasteiger partial charge on any atom is -0.487 e. The summed E-state index contributed by atoms with van der Waals surface area (Å²) in [6.45, 7) is 7.29. The van der Waals surface area contributed by atoms with Crippen LogP contribution in [0.1, 0.15) is 17.1 Å². The fourth-order valence-electron chi connectivity index (χ4n) is 2.31. The lowest BCUT2D eigenvalue weighted by Crippen LogP contribution is -2.16. The van der Waals surface area contributed by atoms with E-state index in [9.17, 15) is 18.0 Å². The third kappa shape index (κ3) is 4.20. The molecule has 0 radical (unpaired) electrons. The minimum absolute atomic E-state index is 0.101. The summed E-state index contributed by atoms with van der Waals surface area (Å²) in [5, 5.41) is 2.79. The van der Waals surface area contributed by atoms with Crippen LogP contribution in [0.15, 0.2) is 66.5 Å². The van der Waals surface area contributed by atoms with Crippen LogP contribution in [0.25, 0.3) is 11.4 Å². The van der Waals surface area contributed by atoms with Gasteiger partial charge < -0.3 is 4.74 Å². The number of fused-ring (bicyclic) bond motifs is 1. The van der Waals surface area contributed by atoms with E-state index in [1.165, 1.54) is 18.2 Å². The molecule has 2 aromatic heterocycles.